The summed E-state index contributed by atoms with van der Waals surface area (Å²) in [6.45, 7) is 5.19. The maximum atomic E-state index is 13.2. The van der Waals surface area contributed by atoms with Crippen molar-refractivity contribution >= 4 is 5.91 Å². The zero-order valence-corrected chi connectivity index (χ0v) is 24.6. The molecule has 0 aliphatic carbocycles. The van der Waals surface area contributed by atoms with Gasteiger partial charge in [0.1, 0.15) is 6.61 Å². The second kappa shape index (κ2) is 13.8. The van der Waals surface area contributed by atoms with E-state index < -0.39 is 0 Å². The summed E-state index contributed by atoms with van der Waals surface area (Å²) in [5, 5.41) is 0. The van der Waals surface area contributed by atoms with Crippen LogP contribution in [0, 0.1) is 5.92 Å². The molecule has 218 valence electrons. The molecule has 0 spiro atoms. The first-order valence-electron chi connectivity index (χ1n) is 14.6. The van der Waals surface area contributed by atoms with Crippen LogP contribution < -0.4 is 18.9 Å². The Morgan fingerprint density at radius 3 is 2.29 bits per heavy atom. The molecule has 5 rings (SSSR count). The minimum atomic E-state index is 0.203. The number of amides is 1. The van der Waals surface area contributed by atoms with Gasteiger partial charge in [0.25, 0.3) is 0 Å². The van der Waals surface area contributed by atoms with Crippen molar-refractivity contribution in [2.75, 3.05) is 54.1 Å². The van der Waals surface area contributed by atoms with E-state index in [0.29, 0.717) is 24.7 Å². The van der Waals surface area contributed by atoms with Crippen molar-refractivity contribution in [1.29, 1.82) is 0 Å². The molecule has 2 aliphatic rings. The van der Waals surface area contributed by atoms with Gasteiger partial charge in [0.2, 0.25) is 5.91 Å². The van der Waals surface area contributed by atoms with E-state index in [1.165, 1.54) is 11.1 Å². The number of hydrogen-bond acceptors (Lipinski definition) is 6. The average molecular weight is 559 g/mol. The van der Waals surface area contributed by atoms with Crippen LogP contribution in [0.5, 0.6) is 23.0 Å². The van der Waals surface area contributed by atoms with Crippen molar-refractivity contribution in [3.63, 3.8) is 0 Å². The van der Waals surface area contributed by atoms with Gasteiger partial charge in [-0.2, -0.15) is 0 Å². The largest absolute Gasteiger partial charge is 0.493 e. The molecule has 2 aliphatic heterocycles. The second-order valence-corrected chi connectivity index (χ2v) is 11.1. The van der Waals surface area contributed by atoms with Gasteiger partial charge in [-0.05, 0) is 84.7 Å². The lowest BCUT2D eigenvalue weighted by Crippen LogP contribution is -2.44. The van der Waals surface area contributed by atoms with Crippen molar-refractivity contribution in [3.05, 3.63) is 82.9 Å². The summed E-state index contributed by atoms with van der Waals surface area (Å²) in [4.78, 5) is 17.9. The third-order valence-electron chi connectivity index (χ3n) is 8.31. The number of carbonyl (C=O) groups is 1. The summed E-state index contributed by atoms with van der Waals surface area (Å²) >= 11 is 0. The van der Waals surface area contributed by atoms with Gasteiger partial charge in [-0.25, -0.2) is 0 Å². The maximum absolute atomic E-state index is 13.2. The molecular formula is C34H42N2O5. The van der Waals surface area contributed by atoms with Crippen LogP contribution in [0.1, 0.15) is 35.1 Å². The number of nitrogens with zero attached hydrogens (tertiary/aromatic N) is 2. The van der Waals surface area contributed by atoms with Gasteiger partial charge in [0.15, 0.2) is 23.0 Å². The molecule has 3 aromatic carbocycles. The Hall–Kier alpha value is -3.71. The first kappa shape index (κ1) is 28.8. The quantitative estimate of drug-likeness (QED) is 0.324. The molecule has 0 N–H and O–H groups in total. The fraction of sp³-hybridized carbons (Fsp3) is 0.441. The van der Waals surface area contributed by atoms with E-state index in [4.69, 9.17) is 18.9 Å². The van der Waals surface area contributed by atoms with Crippen LogP contribution in [-0.2, 0) is 30.7 Å². The van der Waals surface area contributed by atoms with Crippen molar-refractivity contribution in [2.45, 2.75) is 38.7 Å². The molecule has 2 heterocycles. The summed E-state index contributed by atoms with van der Waals surface area (Å²) < 4.78 is 22.6. The van der Waals surface area contributed by atoms with Crippen molar-refractivity contribution in [3.8, 4) is 23.0 Å². The van der Waals surface area contributed by atoms with E-state index in [-0.39, 0.29) is 5.91 Å². The monoisotopic (exact) mass is 558 g/mol. The number of carbonyl (C=O) groups excluding carboxylic acids is 1. The van der Waals surface area contributed by atoms with Crippen LogP contribution >= 0.6 is 0 Å². The van der Waals surface area contributed by atoms with Crippen LogP contribution in [0.4, 0.5) is 0 Å². The lowest BCUT2D eigenvalue weighted by atomic mass is 9.96. The summed E-state index contributed by atoms with van der Waals surface area (Å²) in [6, 6.07) is 20.4. The molecule has 0 radical (unpaired) electrons. The topological polar surface area (TPSA) is 60.5 Å². The molecule has 1 amide bonds. The van der Waals surface area contributed by atoms with E-state index >= 15 is 0 Å². The number of methoxy groups -OCH3 is 3. The van der Waals surface area contributed by atoms with Crippen molar-refractivity contribution < 1.29 is 23.7 Å². The first-order chi connectivity index (χ1) is 20.1. The highest BCUT2D eigenvalue weighted by Gasteiger charge is 2.27. The molecule has 1 saturated heterocycles. The third-order valence-corrected chi connectivity index (χ3v) is 8.31. The fourth-order valence-electron chi connectivity index (χ4n) is 6.03. The predicted molar refractivity (Wildman–Crippen MR) is 160 cm³/mol. The SMILES string of the molecule is COc1cc2c(cc1OC)CC(=O)N(CC1CCCN(CCc3ccc(OCc4ccccc4)c(OC)c3)C1)CC2. The lowest BCUT2D eigenvalue weighted by molar-refractivity contribution is -0.131. The predicted octanol–water partition coefficient (Wildman–Crippen LogP) is 5.17. The molecule has 7 nitrogen and oxygen atoms in total. The lowest BCUT2D eigenvalue weighted by Gasteiger charge is -2.35. The molecular weight excluding hydrogens is 516 g/mol. The van der Waals surface area contributed by atoms with Crippen LogP contribution in [0.3, 0.4) is 0 Å². The van der Waals surface area contributed by atoms with Gasteiger partial charge in [-0.15, -0.1) is 0 Å². The maximum Gasteiger partial charge on any atom is 0.227 e. The van der Waals surface area contributed by atoms with Gasteiger partial charge in [-0.3, -0.25) is 4.79 Å². The van der Waals surface area contributed by atoms with E-state index in [0.717, 1.165) is 86.8 Å². The molecule has 1 fully saturated rings. The van der Waals surface area contributed by atoms with Gasteiger partial charge in [0.05, 0.1) is 27.8 Å². The zero-order chi connectivity index (χ0) is 28.6. The number of fused-ring (bicyclic) bond motifs is 1. The van der Waals surface area contributed by atoms with Gasteiger partial charge >= 0.3 is 0 Å². The molecule has 41 heavy (non-hydrogen) atoms. The highest BCUT2D eigenvalue weighted by Crippen LogP contribution is 2.33. The third kappa shape index (κ3) is 7.33. The summed E-state index contributed by atoms with van der Waals surface area (Å²) in [7, 11) is 4.98. The minimum absolute atomic E-state index is 0.203. The molecule has 0 bridgehead atoms. The van der Waals surface area contributed by atoms with Crippen LogP contribution in [-0.4, -0.2) is 69.8 Å². The Bertz CT molecular complexity index is 1310. The summed E-state index contributed by atoms with van der Waals surface area (Å²) in [5.74, 6) is 3.63. The fourth-order valence-corrected chi connectivity index (χ4v) is 6.03. The standard InChI is InChI=1S/C34H42N2O5/c1-38-31-18-25(11-12-30(31)41-24-26-8-5-4-6-9-26)13-16-35-15-7-10-27(22-35)23-36-17-14-28-19-32(39-2)33(40-3)20-29(28)21-34(36)37/h4-6,8-9,11-12,18-20,27H,7,10,13-17,21-24H2,1-3H3. The van der Waals surface area contributed by atoms with Crippen LogP contribution in [0.15, 0.2) is 60.7 Å². The van der Waals surface area contributed by atoms with Gasteiger partial charge in [-0.1, -0.05) is 36.4 Å². The highest BCUT2D eigenvalue weighted by molar-refractivity contribution is 5.80. The van der Waals surface area contributed by atoms with Crippen LogP contribution in [0.2, 0.25) is 0 Å². The molecule has 0 aromatic heterocycles. The molecule has 3 aromatic rings. The average Bonchev–Trinajstić information content (AvgIpc) is 3.16. The second-order valence-electron chi connectivity index (χ2n) is 11.1. The highest BCUT2D eigenvalue weighted by atomic mass is 16.5. The Balaban J connectivity index is 1.13. The first-order valence-corrected chi connectivity index (χ1v) is 14.6. The van der Waals surface area contributed by atoms with Crippen molar-refractivity contribution in [1.82, 2.24) is 9.80 Å². The smallest absolute Gasteiger partial charge is 0.227 e. The Labute approximate surface area is 244 Å². The summed E-state index contributed by atoms with van der Waals surface area (Å²) in [6.07, 6.45) is 4.53. The Kier molecular flexibility index (Phi) is 9.67. The number of ether oxygens (including phenoxy) is 4. The minimum Gasteiger partial charge on any atom is -0.493 e. The van der Waals surface area contributed by atoms with E-state index in [2.05, 4.69) is 34.1 Å². The molecule has 0 saturated carbocycles. The molecule has 1 unspecified atom stereocenters. The molecule has 7 heteroatoms. The van der Waals surface area contributed by atoms with E-state index in [9.17, 15) is 4.79 Å². The Morgan fingerprint density at radius 2 is 1.54 bits per heavy atom. The number of piperidine rings is 1. The number of likely N-dealkylation sites (tertiary alicyclic amines) is 1. The van der Waals surface area contributed by atoms with Crippen molar-refractivity contribution in [2.24, 2.45) is 5.92 Å². The number of hydrogen-bond donors (Lipinski definition) is 0. The number of rotatable bonds is 11. The zero-order valence-electron chi connectivity index (χ0n) is 24.6. The van der Waals surface area contributed by atoms with Gasteiger partial charge < -0.3 is 28.7 Å². The summed E-state index contributed by atoms with van der Waals surface area (Å²) in [5.41, 5.74) is 4.59. The van der Waals surface area contributed by atoms with E-state index in [1.807, 2.05) is 36.4 Å². The van der Waals surface area contributed by atoms with Crippen LogP contribution in [0.25, 0.3) is 0 Å². The Morgan fingerprint density at radius 1 is 0.805 bits per heavy atom. The molecule has 1 atom stereocenters. The normalized spacial score (nSPS) is 17.5. The van der Waals surface area contributed by atoms with E-state index in [1.54, 1.807) is 21.3 Å². The van der Waals surface area contributed by atoms with Gasteiger partial charge in [0, 0.05) is 26.2 Å². The number of benzene rings is 3.